The summed E-state index contributed by atoms with van der Waals surface area (Å²) in [6, 6.07) is 0. The molecule has 9 heteroatoms. The predicted molar refractivity (Wildman–Crippen MR) is 70.2 cm³/mol. The highest BCUT2D eigenvalue weighted by Crippen LogP contribution is 2.18. The lowest BCUT2D eigenvalue weighted by Crippen LogP contribution is -2.19. The standard InChI is InChI=1S/C11H15F3N4OS/c1-3-18-9-8(7(2)16-18)15-10(20)17(9)4-5-19-6-11(12,13)14/h3-6H2,1-2H3,(H,15,20). The maximum absolute atomic E-state index is 12.0. The Morgan fingerprint density at radius 1 is 1.40 bits per heavy atom. The van der Waals surface area contributed by atoms with E-state index in [1.807, 2.05) is 13.8 Å². The lowest BCUT2D eigenvalue weighted by molar-refractivity contribution is -0.174. The monoisotopic (exact) mass is 308 g/mol. The van der Waals surface area contributed by atoms with Crippen LogP contribution in [0.5, 0.6) is 0 Å². The fraction of sp³-hybridized carbons (Fsp3) is 0.636. The SMILES string of the molecule is CCn1nc(C)c2[nH]c(=S)n(CCOCC(F)(F)F)c21. The molecule has 2 aromatic heterocycles. The van der Waals surface area contributed by atoms with Crippen molar-refractivity contribution in [1.82, 2.24) is 19.3 Å². The third-order valence-corrected chi connectivity index (χ3v) is 3.18. The summed E-state index contributed by atoms with van der Waals surface area (Å²) in [7, 11) is 0. The van der Waals surface area contributed by atoms with Crippen molar-refractivity contribution in [2.45, 2.75) is 33.1 Å². The van der Waals surface area contributed by atoms with Gasteiger partial charge in [0.05, 0.1) is 18.8 Å². The van der Waals surface area contributed by atoms with E-state index in [0.29, 0.717) is 11.3 Å². The first-order valence-corrected chi connectivity index (χ1v) is 6.54. The second kappa shape index (κ2) is 5.57. The van der Waals surface area contributed by atoms with Gasteiger partial charge >= 0.3 is 6.18 Å². The van der Waals surface area contributed by atoms with Crippen molar-refractivity contribution >= 4 is 23.4 Å². The molecule has 0 aliphatic rings. The number of alkyl halides is 3. The number of hydrogen-bond acceptors (Lipinski definition) is 3. The number of nitrogens with zero attached hydrogens (tertiary/aromatic N) is 3. The van der Waals surface area contributed by atoms with E-state index in [4.69, 9.17) is 12.2 Å². The van der Waals surface area contributed by atoms with Gasteiger partial charge in [0, 0.05) is 6.54 Å². The molecule has 0 aliphatic heterocycles. The van der Waals surface area contributed by atoms with Crippen molar-refractivity contribution < 1.29 is 17.9 Å². The van der Waals surface area contributed by atoms with Gasteiger partial charge in [0.2, 0.25) is 0 Å². The lowest BCUT2D eigenvalue weighted by atomic mass is 10.4. The second-order valence-corrected chi connectivity index (χ2v) is 4.74. The maximum Gasteiger partial charge on any atom is 0.411 e. The normalized spacial score (nSPS) is 12.4. The highest BCUT2D eigenvalue weighted by molar-refractivity contribution is 7.71. The van der Waals surface area contributed by atoms with Crippen LogP contribution >= 0.6 is 12.2 Å². The number of hydrogen-bond donors (Lipinski definition) is 1. The van der Waals surface area contributed by atoms with Gasteiger partial charge < -0.3 is 9.72 Å². The van der Waals surface area contributed by atoms with Crippen LogP contribution < -0.4 is 0 Å². The van der Waals surface area contributed by atoms with Crippen molar-refractivity contribution in [3.8, 4) is 0 Å². The quantitative estimate of drug-likeness (QED) is 0.682. The zero-order valence-electron chi connectivity index (χ0n) is 11.1. The van der Waals surface area contributed by atoms with Crippen LogP contribution in [0.2, 0.25) is 0 Å². The van der Waals surface area contributed by atoms with Crippen LogP contribution in [-0.4, -0.2) is 38.7 Å². The number of aryl methyl sites for hydroxylation is 2. The summed E-state index contributed by atoms with van der Waals surface area (Å²) in [5, 5.41) is 4.33. The minimum Gasteiger partial charge on any atom is -0.370 e. The average molecular weight is 308 g/mol. The van der Waals surface area contributed by atoms with Crippen molar-refractivity contribution in [1.29, 1.82) is 0 Å². The first-order valence-electron chi connectivity index (χ1n) is 6.14. The van der Waals surface area contributed by atoms with Gasteiger partial charge in [-0.05, 0) is 26.1 Å². The number of imidazole rings is 1. The van der Waals surface area contributed by atoms with E-state index in [1.54, 1.807) is 9.25 Å². The number of nitrogens with one attached hydrogen (secondary N) is 1. The van der Waals surface area contributed by atoms with E-state index < -0.39 is 12.8 Å². The number of aromatic nitrogens is 4. The molecule has 0 atom stereocenters. The maximum atomic E-state index is 12.0. The number of fused-ring (bicyclic) bond motifs is 1. The van der Waals surface area contributed by atoms with Gasteiger partial charge in [0.1, 0.15) is 12.1 Å². The molecule has 20 heavy (non-hydrogen) atoms. The summed E-state index contributed by atoms with van der Waals surface area (Å²) in [6.07, 6.45) is -4.31. The fourth-order valence-electron chi connectivity index (χ4n) is 2.03. The molecule has 0 bridgehead atoms. The van der Waals surface area contributed by atoms with Crippen LogP contribution in [-0.2, 0) is 17.8 Å². The molecular weight excluding hydrogens is 293 g/mol. The molecule has 0 unspecified atom stereocenters. The van der Waals surface area contributed by atoms with Gasteiger partial charge in [0.25, 0.3) is 0 Å². The minimum absolute atomic E-state index is 0.0608. The topological polar surface area (TPSA) is 47.8 Å². The number of rotatable bonds is 5. The van der Waals surface area contributed by atoms with Gasteiger partial charge in [-0.2, -0.15) is 18.3 Å². The third-order valence-electron chi connectivity index (χ3n) is 2.86. The van der Waals surface area contributed by atoms with Crippen LogP contribution in [0.4, 0.5) is 13.2 Å². The Kier molecular flexibility index (Phi) is 4.19. The molecule has 112 valence electrons. The molecule has 0 fully saturated rings. The zero-order valence-corrected chi connectivity index (χ0v) is 11.9. The highest BCUT2D eigenvalue weighted by atomic mass is 32.1. The van der Waals surface area contributed by atoms with Gasteiger partial charge in [-0.3, -0.25) is 4.57 Å². The van der Waals surface area contributed by atoms with E-state index in [9.17, 15) is 13.2 Å². The summed E-state index contributed by atoms with van der Waals surface area (Å²) < 4.78 is 44.6. The Balaban J connectivity index is 2.17. The molecule has 0 aromatic carbocycles. The third kappa shape index (κ3) is 3.04. The molecule has 5 nitrogen and oxygen atoms in total. The van der Waals surface area contributed by atoms with Crippen LogP contribution in [0.25, 0.3) is 11.2 Å². The second-order valence-electron chi connectivity index (χ2n) is 4.35. The summed E-state index contributed by atoms with van der Waals surface area (Å²) in [6.45, 7) is 3.38. The predicted octanol–water partition coefficient (Wildman–Crippen LogP) is 2.80. The number of aromatic amines is 1. The number of ether oxygens (including phenoxy) is 1. The smallest absolute Gasteiger partial charge is 0.370 e. The molecule has 2 rings (SSSR count). The van der Waals surface area contributed by atoms with Crippen molar-refractivity contribution in [3.05, 3.63) is 10.5 Å². The van der Waals surface area contributed by atoms with Gasteiger partial charge in [-0.1, -0.05) is 0 Å². The molecule has 0 aliphatic carbocycles. The molecule has 1 N–H and O–H groups in total. The van der Waals surface area contributed by atoms with Crippen molar-refractivity contribution in [3.63, 3.8) is 0 Å². The fourth-order valence-corrected chi connectivity index (χ4v) is 2.31. The minimum atomic E-state index is -4.31. The van der Waals surface area contributed by atoms with Crippen LogP contribution in [0.15, 0.2) is 0 Å². The van der Waals surface area contributed by atoms with Crippen LogP contribution in [0.1, 0.15) is 12.6 Å². The summed E-state index contributed by atoms with van der Waals surface area (Å²) in [4.78, 5) is 3.02. The molecular formula is C11H15F3N4OS. The van der Waals surface area contributed by atoms with E-state index in [0.717, 1.165) is 16.9 Å². The Morgan fingerprint density at radius 2 is 2.10 bits per heavy atom. The van der Waals surface area contributed by atoms with E-state index in [2.05, 4.69) is 14.8 Å². The van der Waals surface area contributed by atoms with E-state index in [-0.39, 0.29) is 13.2 Å². The number of halogens is 3. The summed E-state index contributed by atoms with van der Waals surface area (Å²) >= 11 is 5.19. The molecule has 2 aromatic rings. The van der Waals surface area contributed by atoms with Crippen molar-refractivity contribution in [2.24, 2.45) is 0 Å². The largest absolute Gasteiger partial charge is 0.411 e. The first kappa shape index (κ1) is 15.0. The van der Waals surface area contributed by atoms with E-state index in [1.165, 1.54) is 0 Å². The molecule has 2 heterocycles. The van der Waals surface area contributed by atoms with Gasteiger partial charge in [-0.15, -0.1) is 0 Å². The Bertz CT molecular complexity index is 655. The van der Waals surface area contributed by atoms with Crippen LogP contribution in [0.3, 0.4) is 0 Å². The van der Waals surface area contributed by atoms with Crippen molar-refractivity contribution in [2.75, 3.05) is 13.2 Å². The molecule has 0 amide bonds. The molecule has 0 saturated carbocycles. The van der Waals surface area contributed by atoms with Gasteiger partial charge in [-0.25, -0.2) is 4.68 Å². The summed E-state index contributed by atoms with van der Waals surface area (Å²) in [5.41, 5.74) is 2.40. The Labute approximate surface area is 118 Å². The average Bonchev–Trinajstić information content (AvgIpc) is 2.82. The summed E-state index contributed by atoms with van der Waals surface area (Å²) in [5.74, 6) is 0. The number of H-pyrrole nitrogens is 1. The molecule has 0 spiro atoms. The zero-order chi connectivity index (χ0) is 14.9. The first-order chi connectivity index (χ1) is 9.33. The highest BCUT2D eigenvalue weighted by Gasteiger charge is 2.27. The van der Waals surface area contributed by atoms with Crippen LogP contribution in [0, 0.1) is 11.7 Å². The van der Waals surface area contributed by atoms with Gasteiger partial charge in [0.15, 0.2) is 10.4 Å². The Hall–Kier alpha value is -1.35. The van der Waals surface area contributed by atoms with E-state index >= 15 is 0 Å². The molecule has 0 radical (unpaired) electrons. The molecule has 0 saturated heterocycles. The Morgan fingerprint density at radius 3 is 2.70 bits per heavy atom. The lowest BCUT2D eigenvalue weighted by Gasteiger charge is -2.09.